The Bertz CT molecular complexity index is 1170. The molecule has 2 aliphatic heterocycles. The van der Waals surface area contributed by atoms with E-state index in [0.717, 1.165) is 5.56 Å². The van der Waals surface area contributed by atoms with Crippen LogP contribution in [-0.4, -0.2) is 15.5 Å². The molecule has 0 aromatic heterocycles. The highest BCUT2D eigenvalue weighted by Crippen LogP contribution is 2.50. The minimum atomic E-state index is -3.91. The minimum Gasteiger partial charge on any atom is -0.439 e. The Balaban J connectivity index is 2.09. The molecule has 2 aliphatic rings. The predicted molar refractivity (Wildman–Crippen MR) is 103 cm³/mol. The Labute approximate surface area is 157 Å². The number of nitrogens with zero attached hydrogens (tertiary/aromatic N) is 2. The Morgan fingerprint density at radius 1 is 1.19 bits per heavy atom. The smallest absolute Gasteiger partial charge is 0.264 e. The summed E-state index contributed by atoms with van der Waals surface area (Å²) in [6.07, 6.45) is 0. The summed E-state index contributed by atoms with van der Waals surface area (Å²) in [6.45, 7) is 1.91. The van der Waals surface area contributed by atoms with Crippen molar-refractivity contribution in [2.75, 3.05) is 11.4 Å². The number of benzene rings is 2. The Morgan fingerprint density at radius 2 is 1.93 bits per heavy atom. The second-order valence-electron chi connectivity index (χ2n) is 6.52. The van der Waals surface area contributed by atoms with Gasteiger partial charge in [-0.1, -0.05) is 42.0 Å². The highest BCUT2D eigenvalue weighted by atomic mass is 32.2. The van der Waals surface area contributed by atoms with Gasteiger partial charge in [0.2, 0.25) is 5.88 Å². The highest BCUT2D eigenvalue weighted by molar-refractivity contribution is 7.96. The third-order valence-electron chi connectivity index (χ3n) is 4.87. The average Bonchev–Trinajstić information content (AvgIpc) is 2.65. The van der Waals surface area contributed by atoms with E-state index in [0.29, 0.717) is 16.8 Å². The van der Waals surface area contributed by atoms with Crippen LogP contribution in [0.4, 0.5) is 5.69 Å². The lowest BCUT2D eigenvalue weighted by molar-refractivity contribution is 0.357. The van der Waals surface area contributed by atoms with Crippen molar-refractivity contribution in [3.8, 4) is 6.07 Å². The number of para-hydroxylation sites is 1. The number of ether oxygens (including phenoxy) is 1. The molecule has 0 bridgehead atoms. The fourth-order valence-electron chi connectivity index (χ4n) is 3.58. The van der Waals surface area contributed by atoms with E-state index in [4.69, 9.17) is 10.5 Å². The average molecular weight is 379 g/mol. The molecule has 0 spiro atoms. The van der Waals surface area contributed by atoms with Crippen molar-refractivity contribution < 1.29 is 13.2 Å². The number of rotatable bonds is 1. The molecule has 4 rings (SSSR count). The minimum absolute atomic E-state index is 0.0417. The number of sulfonamides is 1. The van der Waals surface area contributed by atoms with Crippen molar-refractivity contribution >= 4 is 21.5 Å². The topological polar surface area (TPSA) is 96.4 Å². The van der Waals surface area contributed by atoms with Gasteiger partial charge in [-0.3, -0.25) is 4.31 Å². The van der Waals surface area contributed by atoms with Crippen LogP contribution in [0.1, 0.15) is 22.6 Å². The molecule has 0 unspecified atom stereocenters. The van der Waals surface area contributed by atoms with Gasteiger partial charge in [0, 0.05) is 12.6 Å². The Hall–Kier alpha value is -3.24. The summed E-state index contributed by atoms with van der Waals surface area (Å²) in [6, 6.07) is 16.5. The quantitative estimate of drug-likeness (QED) is 0.822. The van der Waals surface area contributed by atoms with E-state index in [1.807, 2.05) is 31.2 Å². The third kappa shape index (κ3) is 2.41. The van der Waals surface area contributed by atoms with Crippen LogP contribution >= 0.6 is 0 Å². The standard InChI is InChI=1S/C20H17N3O3S/c1-12-6-5-7-13(10-12)17-15(11-21)20(22)26-18-14-8-3-4-9-16(14)23(2)27(24,25)19(17)18/h3-10,17H,22H2,1-2H3/t17-/m1/s1. The van der Waals surface area contributed by atoms with Crippen molar-refractivity contribution in [1.29, 1.82) is 5.26 Å². The van der Waals surface area contributed by atoms with Gasteiger partial charge in [0.25, 0.3) is 10.0 Å². The second-order valence-corrected chi connectivity index (χ2v) is 8.46. The van der Waals surface area contributed by atoms with E-state index < -0.39 is 15.9 Å². The summed E-state index contributed by atoms with van der Waals surface area (Å²) in [4.78, 5) is 0.0417. The Morgan fingerprint density at radius 3 is 2.63 bits per heavy atom. The van der Waals surface area contributed by atoms with Gasteiger partial charge in [-0.25, -0.2) is 8.42 Å². The van der Waals surface area contributed by atoms with Gasteiger partial charge in [0.05, 0.1) is 11.6 Å². The normalized spacial score (nSPS) is 20.5. The molecule has 6 nitrogen and oxygen atoms in total. The second kappa shape index (κ2) is 5.89. The van der Waals surface area contributed by atoms with Gasteiger partial charge < -0.3 is 10.5 Å². The Kier molecular flexibility index (Phi) is 3.75. The maximum atomic E-state index is 13.4. The van der Waals surface area contributed by atoms with Crippen molar-refractivity contribution in [3.05, 3.63) is 81.6 Å². The molecule has 0 radical (unpaired) electrons. The molecule has 136 valence electrons. The largest absolute Gasteiger partial charge is 0.439 e. The molecule has 0 saturated heterocycles. The molecule has 0 fully saturated rings. The first-order valence-electron chi connectivity index (χ1n) is 8.33. The number of nitriles is 1. The van der Waals surface area contributed by atoms with Gasteiger partial charge >= 0.3 is 0 Å². The SMILES string of the molecule is Cc1cccc([C@@H]2C(C#N)=C(N)OC3=C2S(=O)(=O)N(C)c2ccccc23)c1. The zero-order valence-electron chi connectivity index (χ0n) is 14.8. The van der Waals surface area contributed by atoms with Gasteiger partial charge in [0.1, 0.15) is 16.5 Å². The van der Waals surface area contributed by atoms with E-state index in [-0.39, 0.29) is 22.1 Å². The molecule has 27 heavy (non-hydrogen) atoms. The van der Waals surface area contributed by atoms with Crippen LogP contribution in [0.3, 0.4) is 0 Å². The van der Waals surface area contributed by atoms with Gasteiger partial charge in [-0.2, -0.15) is 5.26 Å². The molecule has 2 aromatic carbocycles. The van der Waals surface area contributed by atoms with E-state index >= 15 is 0 Å². The lowest BCUT2D eigenvalue weighted by atomic mass is 9.87. The van der Waals surface area contributed by atoms with Crippen LogP contribution in [0.2, 0.25) is 0 Å². The number of hydrogen-bond donors (Lipinski definition) is 1. The molecule has 1 atom stereocenters. The van der Waals surface area contributed by atoms with Crippen molar-refractivity contribution in [2.45, 2.75) is 12.8 Å². The van der Waals surface area contributed by atoms with Crippen LogP contribution in [-0.2, 0) is 14.8 Å². The van der Waals surface area contributed by atoms with Gasteiger partial charge in [-0.15, -0.1) is 0 Å². The van der Waals surface area contributed by atoms with Crippen LogP contribution in [0.5, 0.6) is 0 Å². The highest BCUT2D eigenvalue weighted by Gasteiger charge is 2.46. The number of nitrogens with two attached hydrogens (primary N) is 1. The molecule has 2 heterocycles. The summed E-state index contributed by atoms with van der Waals surface area (Å²) in [5, 5.41) is 9.69. The van der Waals surface area contributed by atoms with E-state index in [1.54, 1.807) is 30.3 Å². The summed E-state index contributed by atoms with van der Waals surface area (Å²) in [5.41, 5.74) is 8.90. The molecular weight excluding hydrogens is 362 g/mol. The number of fused-ring (bicyclic) bond motifs is 2. The maximum absolute atomic E-state index is 13.4. The lowest BCUT2D eigenvalue weighted by Crippen LogP contribution is -2.37. The third-order valence-corrected chi connectivity index (χ3v) is 6.77. The molecule has 2 N–H and O–H groups in total. The number of anilines is 1. The fraction of sp³-hybridized carbons (Fsp3) is 0.150. The first-order valence-corrected chi connectivity index (χ1v) is 9.77. The van der Waals surface area contributed by atoms with Crippen LogP contribution < -0.4 is 10.0 Å². The molecular formula is C20H17N3O3S. The van der Waals surface area contributed by atoms with E-state index in [1.165, 1.54) is 11.4 Å². The first kappa shape index (κ1) is 17.2. The van der Waals surface area contributed by atoms with Crippen molar-refractivity contribution in [3.63, 3.8) is 0 Å². The van der Waals surface area contributed by atoms with Gasteiger partial charge in [0.15, 0.2) is 5.76 Å². The van der Waals surface area contributed by atoms with Crippen LogP contribution in [0, 0.1) is 18.3 Å². The summed E-state index contributed by atoms with van der Waals surface area (Å²) < 4.78 is 33.6. The molecule has 0 saturated carbocycles. The molecule has 2 aromatic rings. The predicted octanol–water partition coefficient (Wildman–Crippen LogP) is 2.95. The summed E-state index contributed by atoms with van der Waals surface area (Å²) in [7, 11) is -2.41. The van der Waals surface area contributed by atoms with Crippen molar-refractivity contribution in [1.82, 2.24) is 0 Å². The fourth-order valence-corrected chi connectivity index (χ4v) is 5.23. The van der Waals surface area contributed by atoms with E-state index in [2.05, 4.69) is 0 Å². The summed E-state index contributed by atoms with van der Waals surface area (Å²) in [5.74, 6) is -0.705. The van der Waals surface area contributed by atoms with Crippen molar-refractivity contribution in [2.24, 2.45) is 5.73 Å². The lowest BCUT2D eigenvalue weighted by Gasteiger charge is -2.36. The molecule has 0 amide bonds. The zero-order valence-corrected chi connectivity index (χ0v) is 15.6. The van der Waals surface area contributed by atoms with Crippen LogP contribution in [0.25, 0.3) is 5.76 Å². The summed E-state index contributed by atoms with van der Waals surface area (Å²) >= 11 is 0. The van der Waals surface area contributed by atoms with E-state index in [9.17, 15) is 13.7 Å². The monoisotopic (exact) mass is 379 g/mol. The van der Waals surface area contributed by atoms with Crippen LogP contribution in [0.15, 0.2) is 64.9 Å². The first-order chi connectivity index (χ1) is 12.9. The molecule has 7 heteroatoms. The maximum Gasteiger partial charge on any atom is 0.264 e. The zero-order chi connectivity index (χ0) is 19.3. The number of hydrogen-bond acceptors (Lipinski definition) is 5. The molecule has 0 aliphatic carbocycles. The van der Waals surface area contributed by atoms with Gasteiger partial charge in [-0.05, 0) is 24.6 Å². The number of aryl methyl sites for hydroxylation is 1. The number of allylic oxidation sites excluding steroid dienone is 2.